The summed E-state index contributed by atoms with van der Waals surface area (Å²) in [7, 11) is -4.07. The summed E-state index contributed by atoms with van der Waals surface area (Å²) in [4.78, 5) is 23.2. The Morgan fingerprint density at radius 1 is 0.933 bits per heavy atom. The van der Waals surface area contributed by atoms with E-state index >= 15 is 0 Å². The number of nitro benzene ring substituents is 1. The summed E-state index contributed by atoms with van der Waals surface area (Å²) in [5, 5.41) is 10.8. The summed E-state index contributed by atoms with van der Waals surface area (Å²) in [6.07, 6.45) is 1.49. The zero-order chi connectivity index (χ0) is 21.7. The molecule has 0 aliphatic carbocycles. The van der Waals surface area contributed by atoms with E-state index in [0.29, 0.717) is 11.1 Å². The van der Waals surface area contributed by atoms with E-state index in [4.69, 9.17) is 0 Å². The third kappa shape index (κ3) is 4.98. The van der Waals surface area contributed by atoms with Gasteiger partial charge < -0.3 is 0 Å². The fourth-order valence-corrected chi connectivity index (χ4v) is 3.68. The maximum Gasteiger partial charge on any atom is 0.269 e. The summed E-state index contributed by atoms with van der Waals surface area (Å²) in [5.41, 5.74) is 1.94. The predicted molar refractivity (Wildman–Crippen MR) is 114 cm³/mol. The predicted octanol–water partition coefficient (Wildman–Crippen LogP) is 3.95. The van der Waals surface area contributed by atoms with Crippen LogP contribution in [0.15, 0.2) is 83.8 Å². The molecule has 0 heterocycles. The number of carbonyl (C=O) groups excluding carboxylic acids is 1. The smallest absolute Gasteiger partial charge is 0.268 e. The van der Waals surface area contributed by atoms with Crippen molar-refractivity contribution >= 4 is 33.3 Å². The van der Waals surface area contributed by atoms with Crippen LogP contribution in [0.1, 0.15) is 16.7 Å². The van der Waals surface area contributed by atoms with E-state index < -0.39 is 20.9 Å². The highest BCUT2D eigenvalue weighted by molar-refractivity contribution is 7.90. The van der Waals surface area contributed by atoms with E-state index in [9.17, 15) is 23.3 Å². The molecule has 0 saturated carbocycles. The SMILES string of the molecule is Cc1ccc(S(=O)(=O)NC(=O)/C(=C/c2ccc([N+](=O)[O-])cc2)c2ccccc2)cc1. The van der Waals surface area contributed by atoms with Gasteiger partial charge >= 0.3 is 0 Å². The number of benzene rings is 3. The Bertz CT molecular complexity index is 1200. The minimum atomic E-state index is -4.07. The molecule has 30 heavy (non-hydrogen) atoms. The van der Waals surface area contributed by atoms with Gasteiger partial charge in [-0.05, 0) is 48.4 Å². The van der Waals surface area contributed by atoms with Crippen molar-refractivity contribution < 1.29 is 18.1 Å². The first-order valence-corrected chi connectivity index (χ1v) is 10.4. The summed E-state index contributed by atoms with van der Waals surface area (Å²) in [5.74, 6) is -0.805. The number of carbonyl (C=O) groups is 1. The van der Waals surface area contributed by atoms with E-state index in [-0.39, 0.29) is 16.2 Å². The number of non-ortho nitro benzene ring substituents is 1. The van der Waals surface area contributed by atoms with E-state index in [1.165, 1.54) is 42.5 Å². The average Bonchev–Trinajstić information content (AvgIpc) is 2.73. The third-order valence-corrected chi connectivity index (χ3v) is 5.65. The number of nitro groups is 1. The van der Waals surface area contributed by atoms with Gasteiger partial charge in [-0.15, -0.1) is 0 Å². The van der Waals surface area contributed by atoms with Gasteiger partial charge in [0.1, 0.15) is 0 Å². The Balaban J connectivity index is 1.97. The van der Waals surface area contributed by atoms with Crippen LogP contribution in [0.2, 0.25) is 0 Å². The second-order valence-corrected chi connectivity index (χ2v) is 8.20. The van der Waals surface area contributed by atoms with Gasteiger partial charge in [0.2, 0.25) is 0 Å². The van der Waals surface area contributed by atoms with Crippen molar-refractivity contribution in [2.24, 2.45) is 0 Å². The second-order valence-electron chi connectivity index (χ2n) is 6.52. The molecule has 7 nitrogen and oxygen atoms in total. The molecule has 0 aliphatic heterocycles. The Hall–Kier alpha value is -3.78. The van der Waals surface area contributed by atoms with Crippen LogP contribution >= 0.6 is 0 Å². The number of nitrogens with one attached hydrogen (secondary N) is 1. The molecule has 0 atom stereocenters. The molecule has 0 saturated heterocycles. The summed E-state index contributed by atoms with van der Waals surface area (Å²) in [6.45, 7) is 1.83. The highest BCUT2D eigenvalue weighted by Gasteiger charge is 2.21. The lowest BCUT2D eigenvalue weighted by atomic mass is 10.0. The summed E-state index contributed by atoms with van der Waals surface area (Å²) < 4.78 is 27.4. The summed E-state index contributed by atoms with van der Waals surface area (Å²) in [6, 6.07) is 20.3. The zero-order valence-corrected chi connectivity index (χ0v) is 16.8. The number of amides is 1. The Labute approximate surface area is 173 Å². The van der Waals surface area contributed by atoms with E-state index in [2.05, 4.69) is 4.72 Å². The first kappa shape index (κ1) is 20.9. The van der Waals surface area contributed by atoms with E-state index in [1.807, 2.05) is 6.92 Å². The van der Waals surface area contributed by atoms with Gasteiger partial charge in [0, 0.05) is 17.7 Å². The molecule has 0 spiro atoms. The van der Waals surface area contributed by atoms with Crippen molar-refractivity contribution in [3.63, 3.8) is 0 Å². The fourth-order valence-electron chi connectivity index (χ4n) is 2.71. The van der Waals surface area contributed by atoms with Gasteiger partial charge in [-0.3, -0.25) is 14.9 Å². The molecule has 0 aromatic heterocycles. The number of nitrogens with zero attached hydrogens (tertiary/aromatic N) is 1. The number of rotatable bonds is 6. The largest absolute Gasteiger partial charge is 0.269 e. The maximum absolute atomic E-state index is 12.9. The lowest BCUT2D eigenvalue weighted by Crippen LogP contribution is -2.31. The molecule has 0 unspecified atom stereocenters. The number of hydrogen-bond acceptors (Lipinski definition) is 5. The van der Waals surface area contributed by atoms with Crippen molar-refractivity contribution in [2.75, 3.05) is 0 Å². The first-order valence-electron chi connectivity index (χ1n) is 8.92. The molecule has 3 rings (SSSR count). The lowest BCUT2D eigenvalue weighted by molar-refractivity contribution is -0.384. The van der Waals surface area contributed by atoms with Gasteiger partial charge in [-0.2, -0.15) is 0 Å². The van der Waals surface area contributed by atoms with Crippen LogP contribution in [0.4, 0.5) is 5.69 Å². The van der Waals surface area contributed by atoms with Crippen LogP contribution in [0, 0.1) is 17.0 Å². The van der Waals surface area contributed by atoms with Crippen molar-refractivity contribution in [2.45, 2.75) is 11.8 Å². The maximum atomic E-state index is 12.9. The Morgan fingerprint density at radius 2 is 1.53 bits per heavy atom. The first-order chi connectivity index (χ1) is 14.3. The van der Waals surface area contributed by atoms with Gasteiger partial charge in [0.15, 0.2) is 0 Å². The quantitative estimate of drug-likeness (QED) is 0.280. The van der Waals surface area contributed by atoms with Crippen LogP contribution in [0.25, 0.3) is 11.6 Å². The van der Waals surface area contributed by atoms with Crippen LogP contribution in [-0.2, 0) is 14.8 Å². The minimum Gasteiger partial charge on any atom is -0.268 e. The molecule has 0 fully saturated rings. The van der Waals surface area contributed by atoms with Crippen LogP contribution < -0.4 is 4.72 Å². The third-order valence-electron chi connectivity index (χ3n) is 4.30. The van der Waals surface area contributed by atoms with Gasteiger partial charge in [-0.1, -0.05) is 48.0 Å². The highest BCUT2D eigenvalue weighted by atomic mass is 32.2. The molecule has 3 aromatic carbocycles. The normalized spacial score (nSPS) is 11.7. The molecule has 152 valence electrons. The van der Waals surface area contributed by atoms with Crippen molar-refractivity contribution in [1.29, 1.82) is 0 Å². The second kappa shape index (κ2) is 8.71. The highest BCUT2D eigenvalue weighted by Crippen LogP contribution is 2.21. The molecule has 8 heteroatoms. The Morgan fingerprint density at radius 3 is 2.10 bits per heavy atom. The average molecular weight is 422 g/mol. The van der Waals surface area contributed by atoms with Gasteiger partial charge in [0.25, 0.3) is 21.6 Å². The number of hydrogen-bond donors (Lipinski definition) is 1. The zero-order valence-electron chi connectivity index (χ0n) is 16.0. The van der Waals surface area contributed by atoms with Gasteiger partial charge in [-0.25, -0.2) is 13.1 Å². The van der Waals surface area contributed by atoms with Crippen LogP contribution in [-0.4, -0.2) is 19.2 Å². The topological polar surface area (TPSA) is 106 Å². The van der Waals surface area contributed by atoms with E-state index in [0.717, 1.165) is 5.56 Å². The van der Waals surface area contributed by atoms with E-state index in [1.54, 1.807) is 42.5 Å². The van der Waals surface area contributed by atoms with Crippen LogP contribution in [0.5, 0.6) is 0 Å². The lowest BCUT2D eigenvalue weighted by Gasteiger charge is -2.11. The molecule has 0 radical (unpaired) electrons. The molecule has 3 aromatic rings. The van der Waals surface area contributed by atoms with Gasteiger partial charge in [0.05, 0.1) is 9.82 Å². The molecule has 0 bridgehead atoms. The molecular formula is C22H18N2O5S. The molecular weight excluding hydrogens is 404 g/mol. The Kier molecular flexibility index (Phi) is 6.08. The fraction of sp³-hybridized carbons (Fsp3) is 0.0455. The molecule has 1 N–H and O–H groups in total. The standard InChI is InChI=1S/C22H18N2O5S/c1-16-7-13-20(14-8-16)30(28,29)23-22(25)21(18-5-3-2-4-6-18)15-17-9-11-19(12-10-17)24(26)27/h2-15H,1H3,(H,23,25)/b21-15+. The van der Waals surface area contributed by atoms with Crippen molar-refractivity contribution in [3.8, 4) is 0 Å². The minimum absolute atomic E-state index is 0.0239. The number of aryl methyl sites for hydroxylation is 1. The molecule has 1 amide bonds. The molecule has 0 aliphatic rings. The summed E-state index contributed by atoms with van der Waals surface area (Å²) >= 11 is 0. The monoisotopic (exact) mass is 422 g/mol. The van der Waals surface area contributed by atoms with Crippen LogP contribution in [0.3, 0.4) is 0 Å². The van der Waals surface area contributed by atoms with Crippen molar-refractivity contribution in [3.05, 3.63) is 106 Å². The van der Waals surface area contributed by atoms with Crippen molar-refractivity contribution in [1.82, 2.24) is 4.72 Å². The number of sulfonamides is 1.